The lowest BCUT2D eigenvalue weighted by molar-refractivity contribution is -0.220. The van der Waals surface area contributed by atoms with Crippen molar-refractivity contribution in [2.75, 3.05) is 7.11 Å². The largest absolute Gasteiger partial charge is 0.469 e. The summed E-state index contributed by atoms with van der Waals surface area (Å²) in [5.74, 6) is 4.20. The number of hydrogen-bond acceptors (Lipinski definition) is 7. The Morgan fingerprint density at radius 3 is 2.62 bits per heavy atom. The van der Waals surface area contributed by atoms with E-state index >= 15 is 0 Å². The normalized spacial score (nSPS) is 22.3. The zero-order valence-electron chi connectivity index (χ0n) is 15.0. The number of benzene rings is 1. The molecule has 7 nitrogen and oxygen atoms in total. The van der Waals surface area contributed by atoms with Crippen LogP contribution in [0.25, 0.3) is 0 Å². The van der Waals surface area contributed by atoms with E-state index in [0.717, 1.165) is 5.56 Å². The van der Waals surface area contributed by atoms with Crippen LogP contribution in [0.15, 0.2) is 30.3 Å². The first-order valence-corrected chi connectivity index (χ1v) is 8.08. The highest BCUT2D eigenvalue weighted by molar-refractivity contribution is 5.87. The number of hydrogen-bond donors (Lipinski definition) is 1. The molecule has 26 heavy (non-hydrogen) atoms. The minimum atomic E-state index is -1.73. The molecule has 140 valence electrons. The SMILES string of the molecule is COC(=O)C[C@@]1(CC#CC(C)(C)OCc2ccccc2)OC(O)OC1=O. The molecule has 0 saturated carbocycles. The van der Waals surface area contributed by atoms with Crippen LogP contribution in [0.4, 0.5) is 0 Å². The molecule has 1 aliphatic rings. The molecular formula is C19H22O7. The molecule has 1 N–H and O–H groups in total. The van der Waals surface area contributed by atoms with Crippen molar-refractivity contribution < 1.29 is 33.6 Å². The van der Waals surface area contributed by atoms with Gasteiger partial charge in [0.1, 0.15) is 5.60 Å². The van der Waals surface area contributed by atoms with Crippen LogP contribution >= 0.6 is 0 Å². The molecule has 2 atom stereocenters. The molecule has 1 aromatic rings. The lowest BCUT2D eigenvalue weighted by atomic mass is 9.95. The first kappa shape index (κ1) is 19.9. The Kier molecular flexibility index (Phi) is 6.37. The number of esters is 2. The van der Waals surface area contributed by atoms with Gasteiger partial charge in [-0.05, 0) is 19.4 Å². The number of methoxy groups -OCH3 is 1. The van der Waals surface area contributed by atoms with E-state index in [0.29, 0.717) is 6.61 Å². The van der Waals surface area contributed by atoms with E-state index < -0.39 is 36.0 Å². The smallest absolute Gasteiger partial charge is 0.344 e. The van der Waals surface area contributed by atoms with Crippen LogP contribution in [-0.4, -0.2) is 41.8 Å². The zero-order valence-corrected chi connectivity index (χ0v) is 15.0. The van der Waals surface area contributed by atoms with E-state index in [2.05, 4.69) is 21.3 Å². The molecule has 1 unspecified atom stereocenters. The predicted molar refractivity (Wildman–Crippen MR) is 90.3 cm³/mol. The van der Waals surface area contributed by atoms with E-state index in [4.69, 9.17) is 9.47 Å². The number of cyclic esters (lactones) is 1. The average molecular weight is 362 g/mol. The third-order valence-corrected chi connectivity index (χ3v) is 3.77. The Bertz CT molecular complexity index is 702. The minimum absolute atomic E-state index is 0.143. The molecular weight excluding hydrogens is 340 g/mol. The van der Waals surface area contributed by atoms with Gasteiger partial charge in [0.2, 0.25) is 0 Å². The maximum atomic E-state index is 12.0. The molecule has 1 saturated heterocycles. The molecule has 0 bridgehead atoms. The van der Waals surface area contributed by atoms with Crippen molar-refractivity contribution in [3.63, 3.8) is 0 Å². The standard InChI is InChI=1S/C19H22O7/c1-18(2,24-13-14-8-5-4-6-9-14)10-7-11-19(12-15(20)23-3)16(21)25-17(22)26-19/h4-6,8-9,17,22H,11-13H2,1-3H3/t17?,19-/m1/s1. The molecule has 1 fully saturated rings. The number of ether oxygens (including phenoxy) is 4. The van der Waals surface area contributed by atoms with Gasteiger partial charge in [-0.3, -0.25) is 9.53 Å². The Hall–Kier alpha value is -2.40. The molecule has 7 heteroatoms. The van der Waals surface area contributed by atoms with Gasteiger partial charge in [0, 0.05) is 6.42 Å². The Balaban J connectivity index is 2.03. The third-order valence-electron chi connectivity index (χ3n) is 3.77. The Labute approximate surface area is 152 Å². The van der Waals surface area contributed by atoms with E-state index in [-0.39, 0.29) is 6.42 Å². The second-order valence-electron chi connectivity index (χ2n) is 6.34. The molecule has 0 amide bonds. The maximum absolute atomic E-state index is 12.0. The van der Waals surface area contributed by atoms with Crippen molar-refractivity contribution in [3.8, 4) is 11.8 Å². The molecule has 2 rings (SSSR count). The molecule has 0 radical (unpaired) electrons. The molecule has 0 spiro atoms. The van der Waals surface area contributed by atoms with Crippen molar-refractivity contribution in [1.82, 2.24) is 0 Å². The fourth-order valence-electron chi connectivity index (χ4n) is 2.33. The van der Waals surface area contributed by atoms with Gasteiger partial charge in [-0.15, -0.1) is 0 Å². The van der Waals surface area contributed by atoms with Gasteiger partial charge in [0.05, 0.1) is 20.1 Å². The monoisotopic (exact) mass is 362 g/mol. The first-order chi connectivity index (χ1) is 12.3. The van der Waals surface area contributed by atoms with Gasteiger partial charge in [0.15, 0.2) is 5.60 Å². The Morgan fingerprint density at radius 2 is 2.04 bits per heavy atom. The molecule has 0 aromatic heterocycles. The van der Waals surface area contributed by atoms with Gasteiger partial charge in [-0.25, -0.2) is 4.79 Å². The van der Waals surface area contributed by atoms with Gasteiger partial charge >= 0.3 is 18.4 Å². The van der Waals surface area contributed by atoms with Crippen molar-refractivity contribution in [3.05, 3.63) is 35.9 Å². The fourth-order valence-corrected chi connectivity index (χ4v) is 2.33. The predicted octanol–water partition coefficient (Wildman–Crippen LogP) is 1.53. The van der Waals surface area contributed by atoms with Crippen LogP contribution in [-0.2, 0) is 35.1 Å². The third kappa shape index (κ3) is 5.30. The van der Waals surface area contributed by atoms with Crippen molar-refractivity contribution >= 4 is 11.9 Å². The lowest BCUT2D eigenvalue weighted by Crippen LogP contribution is -2.39. The summed E-state index contributed by atoms with van der Waals surface area (Å²) in [6, 6.07) is 9.64. The number of aliphatic hydroxyl groups excluding tert-OH is 1. The van der Waals surface area contributed by atoms with E-state index in [1.54, 1.807) is 13.8 Å². The molecule has 0 aliphatic carbocycles. The summed E-state index contributed by atoms with van der Waals surface area (Å²) in [5.41, 5.74) is -1.46. The van der Waals surface area contributed by atoms with Gasteiger partial charge < -0.3 is 19.3 Å². The van der Waals surface area contributed by atoms with Crippen molar-refractivity contribution in [1.29, 1.82) is 0 Å². The highest BCUT2D eigenvalue weighted by atomic mass is 16.9. The summed E-state index contributed by atoms with van der Waals surface area (Å²) >= 11 is 0. The van der Waals surface area contributed by atoms with E-state index in [1.165, 1.54) is 7.11 Å². The number of rotatable bonds is 6. The topological polar surface area (TPSA) is 91.3 Å². The van der Waals surface area contributed by atoms with Gasteiger partial charge in [0.25, 0.3) is 0 Å². The summed E-state index contributed by atoms with van der Waals surface area (Å²) in [7, 11) is 1.19. The summed E-state index contributed by atoms with van der Waals surface area (Å²) < 4.78 is 20.1. The Morgan fingerprint density at radius 1 is 1.35 bits per heavy atom. The van der Waals surface area contributed by atoms with Crippen LogP contribution in [0.5, 0.6) is 0 Å². The number of carbonyl (C=O) groups excluding carboxylic acids is 2. The molecule has 1 heterocycles. The van der Waals surface area contributed by atoms with Crippen LogP contribution in [0.1, 0.15) is 32.3 Å². The minimum Gasteiger partial charge on any atom is -0.469 e. The molecule has 1 aliphatic heterocycles. The highest BCUT2D eigenvalue weighted by Gasteiger charge is 2.51. The van der Waals surface area contributed by atoms with E-state index in [1.807, 2.05) is 30.3 Å². The fraction of sp³-hybridized carbons (Fsp3) is 0.474. The average Bonchev–Trinajstić information content (AvgIpc) is 2.87. The summed E-state index contributed by atoms with van der Waals surface area (Å²) in [4.78, 5) is 23.6. The first-order valence-electron chi connectivity index (χ1n) is 8.08. The quantitative estimate of drug-likeness (QED) is 0.606. The molecule has 1 aromatic carbocycles. The van der Waals surface area contributed by atoms with Crippen molar-refractivity contribution in [2.45, 2.75) is 51.0 Å². The second-order valence-corrected chi connectivity index (χ2v) is 6.34. The number of aliphatic hydroxyl groups is 1. The highest BCUT2D eigenvalue weighted by Crippen LogP contribution is 2.31. The lowest BCUT2D eigenvalue weighted by Gasteiger charge is -2.21. The summed E-state index contributed by atoms with van der Waals surface area (Å²) in [6.45, 7) is 2.24. The summed E-state index contributed by atoms with van der Waals surface area (Å²) in [6.07, 6.45) is -0.546. The van der Waals surface area contributed by atoms with Crippen LogP contribution in [0, 0.1) is 11.8 Å². The van der Waals surface area contributed by atoms with E-state index in [9.17, 15) is 14.7 Å². The maximum Gasteiger partial charge on any atom is 0.344 e. The van der Waals surface area contributed by atoms with Gasteiger partial charge in [-0.2, -0.15) is 0 Å². The zero-order chi connectivity index (χ0) is 19.2. The summed E-state index contributed by atoms with van der Waals surface area (Å²) in [5, 5.41) is 9.40. The second kappa shape index (κ2) is 8.32. The van der Waals surface area contributed by atoms with Crippen LogP contribution < -0.4 is 0 Å². The van der Waals surface area contributed by atoms with Crippen LogP contribution in [0.2, 0.25) is 0 Å². The number of carbonyl (C=O) groups is 2. The van der Waals surface area contributed by atoms with Crippen molar-refractivity contribution in [2.24, 2.45) is 0 Å². The van der Waals surface area contributed by atoms with Crippen LogP contribution in [0.3, 0.4) is 0 Å². The van der Waals surface area contributed by atoms with Gasteiger partial charge in [-0.1, -0.05) is 42.2 Å².